The van der Waals surface area contributed by atoms with Gasteiger partial charge in [-0.2, -0.15) is 0 Å². The zero-order valence-corrected chi connectivity index (χ0v) is 20.7. The minimum absolute atomic E-state index is 0.166. The maximum atomic E-state index is 13.7. The van der Waals surface area contributed by atoms with Crippen LogP contribution in [0.15, 0.2) is 24.3 Å². The molecule has 1 amide bonds. The Morgan fingerprint density at radius 1 is 1.06 bits per heavy atom. The first-order chi connectivity index (χ1) is 15.0. The number of Topliss-reactive ketones (excluding diaryl/α,β-unsaturated/α-hetero) is 1. The van der Waals surface area contributed by atoms with Crippen molar-refractivity contribution in [3.05, 3.63) is 57.4 Å². The van der Waals surface area contributed by atoms with Crippen molar-refractivity contribution in [2.45, 2.75) is 61.1 Å². The van der Waals surface area contributed by atoms with Crippen LogP contribution >= 0.6 is 11.6 Å². The molecule has 1 atom stereocenters. The van der Waals surface area contributed by atoms with Crippen molar-refractivity contribution in [1.29, 1.82) is 0 Å². The quantitative estimate of drug-likeness (QED) is 0.375. The first kappa shape index (κ1) is 25.7. The molecule has 0 fully saturated rings. The fourth-order valence-electron chi connectivity index (χ4n) is 4.03. The molecule has 1 heterocycles. The number of carbonyl (C=O) groups is 3. The summed E-state index contributed by atoms with van der Waals surface area (Å²) in [6.45, 7) is 14.2. The van der Waals surface area contributed by atoms with Crippen molar-refractivity contribution in [3.8, 4) is 0 Å². The third-order valence-electron chi connectivity index (χ3n) is 5.56. The van der Waals surface area contributed by atoms with Crippen molar-refractivity contribution in [3.63, 3.8) is 0 Å². The molecule has 174 valence electrons. The minimum Gasteiger partial charge on any atom is -0.461 e. The van der Waals surface area contributed by atoms with Crippen LogP contribution in [-0.4, -0.2) is 46.3 Å². The predicted octanol–water partition coefficient (Wildman–Crippen LogP) is 5.32. The van der Waals surface area contributed by atoms with Crippen LogP contribution in [0, 0.1) is 19.8 Å². The summed E-state index contributed by atoms with van der Waals surface area (Å²) < 4.78 is 7.03. The van der Waals surface area contributed by atoms with Crippen molar-refractivity contribution in [1.82, 2.24) is 9.47 Å². The fourth-order valence-corrected chi connectivity index (χ4v) is 4.16. The highest BCUT2D eigenvalue weighted by molar-refractivity contribution is 6.30. The van der Waals surface area contributed by atoms with Crippen molar-refractivity contribution in [2.24, 2.45) is 5.92 Å². The lowest BCUT2D eigenvalue weighted by molar-refractivity contribution is 0.0512. The maximum Gasteiger partial charge on any atom is 0.355 e. The monoisotopic (exact) mass is 460 g/mol. The number of esters is 1. The van der Waals surface area contributed by atoms with Gasteiger partial charge < -0.3 is 14.2 Å². The van der Waals surface area contributed by atoms with E-state index < -0.39 is 12.0 Å². The molecule has 0 N–H and O–H groups in total. The van der Waals surface area contributed by atoms with Gasteiger partial charge in [-0.05, 0) is 70.4 Å². The number of ether oxygens (including phenoxy) is 1. The van der Waals surface area contributed by atoms with Crippen LogP contribution in [0.3, 0.4) is 0 Å². The van der Waals surface area contributed by atoms with Crippen molar-refractivity contribution < 1.29 is 19.1 Å². The molecule has 0 aliphatic heterocycles. The number of aromatic nitrogens is 1. The maximum absolute atomic E-state index is 13.7. The van der Waals surface area contributed by atoms with E-state index in [-0.39, 0.29) is 24.2 Å². The molecule has 2 rings (SSSR count). The Balaban J connectivity index is 2.50. The molecule has 0 saturated heterocycles. The van der Waals surface area contributed by atoms with Crippen LogP contribution in [0.2, 0.25) is 5.02 Å². The Morgan fingerprint density at radius 2 is 1.66 bits per heavy atom. The Labute approximate surface area is 195 Å². The SMILES string of the molecule is CCOC(=O)c1c(C)c(C(=O)C(C)N(CC(C)C)C(=O)c2ccc(Cl)cc2)c(C)n1CC. The normalized spacial score (nSPS) is 12.0. The first-order valence-corrected chi connectivity index (χ1v) is 11.4. The van der Waals surface area contributed by atoms with E-state index in [1.807, 2.05) is 27.7 Å². The standard InChI is InChI=1S/C25H33ClN2O4/c1-8-27-17(6)21(16(5)22(27)25(31)32-9-2)23(29)18(7)28(14-15(3)4)24(30)19-10-12-20(26)13-11-19/h10-13,15,18H,8-9,14H2,1-7H3. The molecule has 0 radical (unpaired) electrons. The summed E-state index contributed by atoms with van der Waals surface area (Å²) in [5.74, 6) is -0.704. The molecule has 0 aliphatic rings. The summed E-state index contributed by atoms with van der Waals surface area (Å²) in [6.07, 6.45) is 0. The van der Waals surface area contributed by atoms with Gasteiger partial charge in [-0.3, -0.25) is 9.59 Å². The number of halogens is 1. The average molecular weight is 461 g/mol. The van der Waals surface area contributed by atoms with E-state index in [9.17, 15) is 14.4 Å². The van der Waals surface area contributed by atoms with E-state index in [1.165, 1.54) is 0 Å². The second-order valence-electron chi connectivity index (χ2n) is 8.30. The largest absolute Gasteiger partial charge is 0.461 e. The molecule has 0 spiro atoms. The first-order valence-electron chi connectivity index (χ1n) is 11.0. The van der Waals surface area contributed by atoms with Gasteiger partial charge in [-0.25, -0.2) is 4.79 Å². The van der Waals surface area contributed by atoms with Crippen LogP contribution in [0.5, 0.6) is 0 Å². The lowest BCUT2D eigenvalue weighted by atomic mass is 9.98. The smallest absolute Gasteiger partial charge is 0.355 e. The highest BCUT2D eigenvalue weighted by Crippen LogP contribution is 2.26. The fraction of sp³-hybridized carbons (Fsp3) is 0.480. The van der Waals surface area contributed by atoms with E-state index in [0.29, 0.717) is 46.2 Å². The van der Waals surface area contributed by atoms with Gasteiger partial charge in [0.2, 0.25) is 0 Å². The summed E-state index contributed by atoms with van der Waals surface area (Å²) in [4.78, 5) is 41.2. The van der Waals surface area contributed by atoms with Crippen molar-refractivity contribution in [2.75, 3.05) is 13.2 Å². The van der Waals surface area contributed by atoms with E-state index in [1.54, 1.807) is 54.5 Å². The number of rotatable bonds is 9. The average Bonchev–Trinajstić information content (AvgIpc) is 3.00. The number of carbonyl (C=O) groups excluding carboxylic acids is 3. The summed E-state index contributed by atoms with van der Waals surface area (Å²) in [5.41, 5.74) is 2.62. The van der Waals surface area contributed by atoms with Gasteiger partial charge in [0.15, 0.2) is 5.78 Å². The third kappa shape index (κ3) is 5.23. The molecular formula is C25H33ClN2O4. The molecule has 6 nitrogen and oxygen atoms in total. The molecular weight excluding hydrogens is 428 g/mol. The number of amides is 1. The van der Waals surface area contributed by atoms with Gasteiger partial charge >= 0.3 is 5.97 Å². The molecule has 0 bridgehead atoms. The van der Waals surface area contributed by atoms with Crippen LogP contribution in [0.25, 0.3) is 0 Å². The zero-order valence-electron chi connectivity index (χ0n) is 20.0. The summed E-state index contributed by atoms with van der Waals surface area (Å²) in [5, 5.41) is 0.541. The molecule has 0 aliphatic carbocycles. The molecule has 7 heteroatoms. The van der Waals surface area contributed by atoms with Gasteiger partial charge in [0.05, 0.1) is 12.6 Å². The lowest BCUT2D eigenvalue weighted by Crippen LogP contribution is -2.45. The second kappa shape index (κ2) is 10.8. The van der Waals surface area contributed by atoms with Crippen LogP contribution < -0.4 is 0 Å². The number of hydrogen-bond donors (Lipinski definition) is 0. The van der Waals surface area contributed by atoms with E-state index in [4.69, 9.17) is 16.3 Å². The van der Waals surface area contributed by atoms with Gasteiger partial charge in [0.25, 0.3) is 5.91 Å². The Hall–Kier alpha value is -2.60. The molecule has 1 aromatic carbocycles. The Bertz CT molecular complexity index is 992. The second-order valence-corrected chi connectivity index (χ2v) is 8.73. The molecule has 1 aromatic heterocycles. The molecule has 0 saturated carbocycles. The molecule has 2 aromatic rings. The third-order valence-corrected chi connectivity index (χ3v) is 5.81. The lowest BCUT2D eigenvalue weighted by Gasteiger charge is -2.30. The summed E-state index contributed by atoms with van der Waals surface area (Å²) >= 11 is 5.97. The number of benzene rings is 1. The van der Waals surface area contributed by atoms with E-state index in [0.717, 1.165) is 0 Å². The number of hydrogen-bond acceptors (Lipinski definition) is 4. The highest BCUT2D eigenvalue weighted by Gasteiger charge is 2.33. The zero-order chi connectivity index (χ0) is 24.2. The summed E-state index contributed by atoms with van der Waals surface area (Å²) in [7, 11) is 0. The van der Waals surface area contributed by atoms with Crippen molar-refractivity contribution >= 4 is 29.3 Å². The van der Waals surface area contributed by atoms with E-state index in [2.05, 4.69) is 0 Å². The van der Waals surface area contributed by atoms with Crippen LogP contribution in [0.1, 0.15) is 77.1 Å². The highest BCUT2D eigenvalue weighted by atomic mass is 35.5. The van der Waals surface area contributed by atoms with Gasteiger partial charge in [0, 0.05) is 34.9 Å². The van der Waals surface area contributed by atoms with Gasteiger partial charge in [0.1, 0.15) is 5.69 Å². The van der Waals surface area contributed by atoms with Crippen LogP contribution in [-0.2, 0) is 11.3 Å². The van der Waals surface area contributed by atoms with E-state index >= 15 is 0 Å². The van der Waals surface area contributed by atoms with Crippen LogP contribution in [0.4, 0.5) is 0 Å². The predicted molar refractivity (Wildman–Crippen MR) is 127 cm³/mol. The number of nitrogens with zero attached hydrogens (tertiary/aromatic N) is 2. The Kier molecular flexibility index (Phi) is 8.67. The summed E-state index contributed by atoms with van der Waals surface area (Å²) in [6, 6.07) is 5.95. The Morgan fingerprint density at radius 3 is 2.16 bits per heavy atom. The molecule has 32 heavy (non-hydrogen) atoms. The van der Waals surface area contributed by atoms with Gasteiger partial charge in [-0.15, -0.1) is 0 Å². The minimum atomic E-state index is -0.708. The molecule has 1 unspecified atom stereocenters. The number of ketones is 1. The van der Waals surface area contributed by atoms with Gasteiger partial charge in [-0.1, -0.05) is 25.4 Å². The topological polar surface area (TPSA) is 68.6 Å².